The van der Waals surface area contributed by atoms with Crippen molar-refractivity contribution in [2.24, 2.45) is 5.92 Å². The molecular weight excluding hydrogens is 316 g/mol. The SMILES string of the molecule is CCn1c(CC2CCN(Cc3cnc(C(C)C)nc3)CC2)n[nH]c1=O. The highest BCUT2D eigenvalue weighted by atomic mass is 16.1. The number of aromatic amines is 1. The van der Waals surface area contributed by atoms with Crippen molar-refractivity contribution >= 4 is 0 Å². The minimum Gasteiger partial charge on any atom is -0.299 e. The number of aromatic nitrogens is 5. The van der Waals surface area contributed by atoms with Crippen LogP contribution < -0.4 is 5.69 Å². The fraction of sp³-hybridized carbons (Fsp3) is 0.667. The molecule has 0 spiro atoms. The second-order valence-electron chi connectivity index (χ2n) is 7.22. The first-order valence-corrected chi connectivity index (χ1v) is 9.24. The number of piperidine rings is 1. The third-order valence-electron chi connectivity index (χ3n) is 4.98. The van der Waals surface area contributed by atoms with E-state index in [0.29, 0.717) is 18.4 Å². The monoisotopic (exact) mass is 344 g/mol. The molecule has 3 heterocycles. The second-order valence-corrected chi connectivity index (χ2v) is 7.22. The van der Waals surface area contributed by atoms with E-state index in [4.69, 9.17) is 0 Å². The lowest BCUT2D eigenvalue weighted by Crippen LogP contribution is -2.34. The van der Waals surface area contributed by atoms with Crippen LogP contribution in [0.15, 0.2) is 17.2 Å². The van der Waals surface area contributed by atoms with Crippen LogP contribution in [0.2, 0.25) is 0 Å². The van der Waals surface area contributed by atoms with Gasteiger partial charge in [-0.05, 0) is 38.8 Å². The third kappa shape index (κ3) is 4.34. The summed E-state index contributed by atoms with van der Waals surface area (Å²) < 4.78 is 1.74. The Morgan fingerprint density at radius 1 is 1.24 bits per heavy atom. The summed E-state index contributed by atoms with van der Waals surface area (Å²) in [6.45, 7) is 9.92. The Labute approximate surface area is 148 Å². The van der Waals surface area contributed by atoms with Crippen LogP contribution in [0.25, 0.3) is 0 Å². The molecule has 25 heavy (non-hydrogen) atoms. The van der Waals surface area contributed by atoms with Gasteiger partial charge in [-0.2, -0.15) is 5.10 Å². The smallest absolute Gasteiger partial charge is 0.299 e. The van der Waals surface area contributed by atoms with Crippen LogP contribution >= 0.6 is 0 Å². The number of rotatable bonds is 6. The molecule has 7 heteroatoms. The van der Waals surface area contributed by atoms with E-state index < -0.39 is 0 Å². The molecule has 0 amide bonds. The summed E-state index contributed by atoms with van der Waals surface area (Å²) in [4.78, 5) is 23.0. The van der Waals surface area contributed by atoms with E-state index in [1.807, 2.05) is 19.3 Å². The fourth-order valence-electron chi connectivity index (χ4n) is 3.44. The Balaban J connectivity index is 1.50. The summed E-state index contributed by atoms with van der Waals surface area (Å²) >= 11 is 0. The predicted molar refractivity (Wildman–Crippen MR) is 96.3 cm³/mol. The predicted octanol–water partition coefficient (Wildman–Crippen LogP) is 1.96. The van der Waals surface area contributed by atoms with Crippen LogP contribution in [0, 0.1) is 5.92 Å². The zero-order chi connectivity index (χ0) is 17.8. The van der Waals surface area contributed by atoms with Crippen molar-refractivity contribution in [2.45, 2.75) is 59.0 Å². The Kier molecular flexibility index (Phi) is 5.63. The molecule has 1 N–H and O–H groups in total. The molecule has 0 unspecified atom stereocenters. The molecule has 2 aromatic rings. The zero-order valence-corrected chi connectivity index (χ0v) is 15.4. The maximum Gasteiger partial charge on any atom is 0.343 e. The van der Waals surface area contributed by atoms with Gasteiger partial charge in [0, 0.05) is 43.4 Å². The van der Waals surface area contributed by atoms with Gasteiger partial charge in [0.05, 0.1) is 0 Å². The highest BCUT2D eigenvalue weighted by Gasteiger charge is 2.22. The third-order valence-corrected chi connectivity index (χ3v) is 4.98. The van der Waals surface area contributed by atoms with Crippen molar-refractivity contribution in [2.75, 3.05) is 13.1 Å². The normalized spacial score (nSPS) is 16.6. The van der Waals surface area contributed by atoms with E-state index in [1.165, 1.54) is 5.56 Å². The van der Waals surface area contributed by atoms with Gasteiger partial charge in [0.15, 0.2) is 0 Å². The van der Waals surface area contributed by atoms with E-state index in [-0.39, 0.29) is 5.69 Å². The summed E-state index contributed by atoms with van der Waals surface area (Å²) in [6.07, 6.45) is 7.06. The number of hydrogen-bond donors (Lipinski definition) is 1. The van der Waals surface area contributed by atoms with Gasteiger partial charge in [0.2, 0.25) is 0 Å². The lowest BCUT2D eigenvalue weighted by Gasteiger charge is -2.31. The minimum absolute atomic E-state index is 0.0974. The average Bonchev–Trinajstić information content (AvgIpc) is 2.96. The van der Waals surface area contributed by atoms with Crippen LogP contribution in [-0.4, -0.2) is 42.7 Å². The molecule has 1 aliphatic rings. The van der Waals surface area contributed by atoms with E-state index in [9.17, 15) is 4.79 Å². The van der Waals surface area contributed by atoms with Gasteiger partial charge in [0.25, 0.3) is 0 Å². The molecule has 0 bridgehead atoms. The first kappa shape index (κ1) is 17.8. The van der Waals surface area contributed by atoms with Gasteiger partial charge in [-0.3, -0.25) is 9.47 Å². The van der Waals surface area contributed by atoms with Crippen LogP contribution in [0.5, 0.6) is 0 Å². The van der Waals surface area contributed by atoms with Gasteiger partial charge in [-0.15, -0.1) is 0 Å². The minimum atomic E-state index is -0.0974. The first-order chi connectivity index (χ1) is 12.1. The molecular formula is C18H28N6O. The standard InChI is InChI=1S/C18H28N6O/c1-4-24-16(21-22-18(24)25)9-14-5-7-23(8-6-14)12-15-10-19-17(13(2)3)20-11-15/h10-11,13-14H,4-9,12H2,1-3H3,(H,22,25). The summed E-state index contributed by atoms with van der Waals surface area (Å²) in [5, 5.41) is 6.75. The van der Waals surface area contributed by atoms with Gasteiger partial charge in [0.1, 0.15) is 11.6 Å². The molecule has 0 saturated carbocycles. The Hall–Kier alpha value is -2.02. The molecule has 2 aromatic heterocycles. The van der Waals surface area contributed by atoms with Crippen molar-refractivity contribution in [3.05, 3.63) is 40.1 Å². The van der Waals surface area contributed by atoms with Crippen molar-refractivity contribution < 1.29 is 0 Å². The number of hydrogen-bond acceptors (Lipinski definition) is 5. The Morgan fingerprint density at radius 3 is 2.52 bits per heavy atom. The van der Waals surface area contributed by atoms with E-state index in [0.717, 1.165) is 50.5 Å². The maximum atomic E-state index is 11.7. The molecule has 1 fully saturated rings. The number of H-pyrrole nitrogens is 1. The maximum absolute atomic E-state index is 11.7. The van der Waals surface area contributed by atoms with Crippen LogP contribution in [0.1, 0.15) is 56.7 Å². The van der Waals surface area contributed by atoms with Crippen molar-refractivity contribution in [1.29, 1.82) is 0 Å². The molecule has 3 rings (SSSR count). The lowest BCUT2D eigenvalue weighted by atomic mass is 9.93. The number of nitrogens with one attached hydrogen (secondary N) is 1. The van der Waals surface area contributed by atoms with Gasteiger partial charge in [-0.1, -0.05) is 13.8 Å². The highest BCUT2D eigenvalue weighted by Crippen LogP contribution is 2.22. The van der Waals surface area contributed by atoms with Crippen molar-refractivity contribution in [3.8, 4) is 0 Å². The average molecular weight is 344 g/mol. The first-order valence-electron chi connectivity index (χ1n) is 9.24. The molecule has 0 aromatic carbocycles. The largest absolute Gasteiger partial charge is 0.343 e. The fourth-order valence-corrected chi connectivity index (χ4v) is 3.44. The zero-order valence-electron chi connectivity index (χ0n) is 15.4. The number of nitrogens with zero attached hydrogens (tertiary/aromatic N) is 5. The van der Waals surface area contributed by atoms with Crippen molar-refractivity contribution in [3.63, 3.8) is 0 Å². The highest BCUT2D eigenvalue weighted by molar-refractivity contribution is 5.07. The van der Waals surface area contributed by atoms with E-state index in [1.54, 1.807) is 4.57 Å². The molecule has 136 valence electrons. The summed E-state index contributed by atoms with van der Waals surface area (Å²) in [5.41, 5.74) is 1.08. The van der Waals surface area contributed by atoms with E-state index >= 15 is 0 Å². The summed E-state index contributed by atoms with van der Waals surface area (Å²) in [5.74, 6) is 2.76. The van der Waals surface area contributed by atoms with Crippen LogP contribution in [-0.2, 0) is 19.5 Å². The van der Waals surface area contributed by atoms with Crippen molar-refractivity contribution in [1.82, 2.24) is 29.6 Å². The summed E-state index contributed by atoms with van der Waals surface area (Å²) in [7, 11) is 0. The van der Waals surface area contributed by atoms with Gasteiger partial charge in [-0.25, -0.2) is 19.9 Å². The molecule has 0 atom stereocenters. The molecule has 0 radical (unpaired) electrons. The van der Waals surface area contributed by atoms with Crippen LogP contribution in [0.3, 0.4) is 0 Å². The topological polar surface area (TPSA) is 79.7 Å². The van der Waals surface area contributed by atoms with E-state index in [2.05, 4.69) is 38.9 Å². The lowest BCUT2D eigenvalue weighted by molar-refractivity contribution is 0.175. The number of likely N-dealkylation sites (tertiary alicyclic amines) is 1. The van der Waals surface area contributed by atoms with Crippen LogP contribution in [0.4, 0.5) is 0 Å². The Bertz CT molecular complexity index is 725. The quantitative estimate of drug-likeness (QED) is 0.866. The van der Waals surface area contributed by atoms with Gasteiger partial charge >= 0.3 is 5.69 Å². The molecule has 1 aliphatic heterocycles. The summed E-state index contributed by atoms with van der Waals surface area (Å²) in [6, 6.07) is 0. The van der Waals surface area contributed by atoms with Gasteiger partial charge < -0.3 is 0 Å². The second kappa shape index (κ2) is 7.91. The molecule has 1 saturated heterocycles. The molecule has 0 aliphatic carbocycles. The Morgan fingerprint density at radius 2 is 1.92 bits per heavy atom. The molecule has 7 nitrogen and oxygen atoms in total.